The summed E-state index contributed by atoms with van der Waals surface area (Å²) in [4.78, 5) is 50.3. The number of ether oxygens (including phenoxy) is 1. The van der Waals surface area contributed by atoms with Crippen LogP contribution in [-0.2, 0) is 23.5 Å². The highest BCUT2D eigenvalue weighted by atomic mass is 19.4. The van der Waals surface area contributed by atoms with Gasteiger partial charge in [-0.1, -0.05) is 36.4 Å². The summed E-state index contributed by atoms with van der Waals surface area (Å²) in [7, 11) is 0. The van der Waals surface area contributed by atoms with Crippen LogP contribution in [0.15, 0.2) is 72.8 Å². The van der Waals surface area contributed by atoms with Crippen molar-refractivity contribution in [2.45, 2.75) is 62.6 Å². The number of morpholine rings is 1. The third kappa shape index (κ3) is 9.64. The Labute approximate surface area is 328 Å². The van der Waals surface area contributed by atoms with E-state index >= 15 is 0 Å². The zero-order valence-electron chi connectivity index (χ0n) is 31.6. The Morgan fingerprint density at radius 1 is 0.561 bits per heavy atom. The number of nitrogens with zero attached hydrogens (tertiary/aromatic N) is 5. The Kier molecular flexibility index (Phi) is 12.3. The average molecular weight is 800 g/mol. The molecule has 0 N–H and O–H groups in total. The first-order chi connectivity index (χ1) is 27.2. The standard InChI is InChI=1S/C42H47F6N5O4/c43-41(44,45)33-25-32(26-34(27-33)42(46,47)48)40(56)53-14-11-36(28-37(53)23-29-5-2-1-3-6-29)50-17-15-49(16-18-50)35-9-12-51(13-10-35)38(54)30-7-4-8-31(24-30)39(55)52-19-21-57-22-20-52/h1-8,24-27,35-37H,9-23,28H2. The van der Waals surface area contributed by atoms with Crippen molar-refractivity contribution in [3.05, 3.63) is 106 Å². The van der Waals surface area contributed by atoms with Crippen molar-refractivity contribution in [3.63, 3.8) is 0 Å². The molecule has 4 fully saturated rings. The molecule has 4 heterocycles. The summed E-state index contributed by atoms with van der Waals surface area (Å²) >= 11 is 0. The summed E-state index contributed by atoms with van der Waals surface area (Å²) in [6.45, 7) is 6.66. The van der Waals surface area contributed by atoms with Crippen LogP contribution in [0.2, 0.25) is 0 Å². The van der Waals surface area contributed by atoms with Crippen molar-refractivity contribution in [1.29, 1.82) is 0 Å². The van der Waals surface area contributed by atoms with Gasteiger partial charge in [-0.05, 0) is 74.1 Å². The molecule has 3 aromatic carbocycles. The third-order valence-corrected chi connectivity index (χ3v) is 11.9. The number of hydrogen-bond donors (Lipinski definition) is 0. The Bertz CT molecular complexity index is 1860. The molecule has 2 atom stereocenters. The van der Waals surface area contributed by atoms with Gasteiger partial charge in [0.05, 0.1) is 24.3 Å². The van der Waals surface area contributed by atoms with Crippen LogP contribution in [-0.4, -0.2) is 132 Å². The van der Waals surface area contributed by atoms with Crippen molar-refractivity contribution in [2.24, 2.45) is 0 Å². The first-order valence-electron chi connectivity index (χ1n) is 19.6. The maximum Gasteiger partial charge on any atom is 0.416 e. The fourth-order valence-electron chi connectivity index (χ4n) is 8.77. The van der Waals surface area contributed by atoms with Crippen molar-refractivity contribution in [2.75, 3.05) is 72.1 Å². The summed E-state index contributed by atoms with van der Waals surface area (Å²) in [6.07, 6.45) is -6.97. The lowest BCUT2D eigenvalue weighted by atomic mass is 9.90. The minimum absolute atomic E-state index is 0.0464. The van der Waals surface area contributed by atoms with E-state index in [-0.39, 0.29) is 30.5 Å². The molecular formula is C42H47F6N5O4. The van der Waals surface area contributed by atoms with Crippen molar-refractivity contribution in [3.8, 4) is 0 Å². The fraction of sp³-hybridized carbons (Fsp3) is 0.500. The molecule has 0 aromatic heterocycles. The van der Waals surface area contributed by atoms with Crippen molar-refractivity contribution < 1.29 is 45.5 Å². The number of amides is 3. The molecule has 4 aliphatic rings. The second kappa shape index (κ2) is 17.2. The van der Waals surface area contributed by atoms with E-state index in [9.17, 15) is 40.7 Å². The van der Waals surface area contributed by atoms with E-state index in [0.29, 0.717) is 88.0 Å². The van der Waals surface area contributed by atoms with E-state index in [4.69, 9.17) is 4.74 Å². The highest BCUT2D eigenvalue weighted by molar-refractivity contribution is 5.99. The molecule has 0 saturated carbocycles. The van der Waals surface area contributed by atoms with Crippen LogP contribution < -0.4 is 0 Å². The highest BCUT2D eigenvalue weighted by Crippen LogP contribution is 2.37. The van der Waals surface area contributed by atoms with Gasteiger partial charge < -0.3 is 19.4 Å². The number of piperidine rings is 2. The molecule has 15 heteroatoms. The van der Waals surface area contributed by atoms with E-state index in [1.807, 2.05) is 35.2 Å². The van der Waals surface area contributed by atoms with Gasteiger partial charge in [-0.2, -0.15) is 26.3 Å². The number of likely N-dealkylation sites (tertiary alicyclic amines) is 2. The van der Waals surface area contributed by atoms with Crippen LogP contribution in [0.1, 0.15) is 73.4 Å². The number of rotatable bonds is 7. The SMILES string of the molecule is O=C(c1cccc(C(=O)N2CCC(N3CCN(C4CCN(C(=O)c5cc(C(F)(F)F)cc(C(F)(F)F)c5)C(Cc5ccccc5)C4)CC3)CC2)c1)N1CCOCC1. The van der Waals surface area contributed by atoms with Gasteiger partial charge in [-0.3, -0.25) is 24.2 Å². The van der Waals surface area contributed by atoms with Crippen LogP contribution in [0.4, 0.5) is 26.3 Å². The highest BCUT2D eigenvalue weighted by Gasteiger charge is 2.41. The molecule has 4 aliphatic heterocycles. The van der Waals surface area contributed by atoms with Gasteiger partial charge in [0.1, 0.15) is 0 Å². The quantitative estimate of drug-likeness (QED) is 0.260. The normalized spacial score (nSPS) is 22.1. The smallest absolute Gasteiger partial charge is 0.378 e. The Hall–Kier alpha value is -4.47. The molecule has 7 rings (SSSR count). The lowest BCUT2D eigenvalue weighted by Crippen LogP contribution is -2.58. The number of carbonyl (C=O) groups is 3. The van der Waals surface area contributed by atoms with Gasteiger partial charge in [-0.15, -0.1) is 0 Å². The van der Waals surface area contributed by atoms with Gasteiger partial charge in [0.25, 0.3) is 17.7 Å². The number of halogens is 6. The summed E-state index contributed by atoms with van der Waals surface area (Å²) in [6, 6.07) is 17.4. The van der Waals surface area contributed by atoms with Gasteiger partial charge in [-0.25, -0.2) is 0 Å². The minimum atomic E-state index is -5.05. The molecule has 57 heavy (non-hydrogen) atoms. The molecule has 306 valence electrons. The Morgan fingerprint density at radius 3 is 1.65 bits per heavy atom. The number of carbonyl (C=O) groups excluding carboxylic acids is 3. The molecule has 0 aliphatic carbocycles. The maximum absolute atomic E-state index is 13.8. The number of alkyl halides is 6. The van der Waals surface area contributed by atoms with Crippen LogP contribution in [0.25, 0.3) is 0 Å². The molecule has 3 aromatic rings. The molecule has 0 radical (unpaired) electrons. The van der Waals surface area contributed by atoms with Crippen molar-refractivity contribution >= 4 is 17.7 Å². The van der Waals surface area contributed by atoms with Crippen LogP contribution in [0, 0.1) is 0 Å². The second-order valence-corrected chi connectivity index (χ2v) is 15.4. The third-order valence-electron chi connectivity index (χ3n) is 11.9. The minimum Gasteiger partial charge on any atom is -0.378 e. The van der Waals surface area contributed by atoms with E-state index < -0.39 is 41.0 Å². The lowest BCUT2D eigenvalue weighted by Gasteiger charge is -2.48. The Balaban J connectivity index is 0.956. The van der Waals surface area contributed by atoms with E-state index in [2.05, 4.69) is 9.80 Å². The topological polar surface area (TPSA) is 76.6 Å². The largest absolute Gasteiger partial charge is 0.416 e. The summed E-state index contributed by atoms with van der Waals surface area (Å²) in [5.41, 5.74) is -1.72. The van der Waals surface area contributed by atoms with Gasteiger partial charge in [0, 0.05) is 93.7 Å². The fourth-order valence-corrected chi connectivity index (χ4v) is 8.77. The molecule has 0 spiro atoms. The number of benzene rings is 3. The zero-order chi connectivity index (χ0) is 40.3. The van der Waals surface area contributed by atoms with Gasteiger partial charge in [0.15, 0.2) is 0 Å². The van der Waals surface area contributed by atoms with Gasteiger partial charge >= 0.3 is 12.4 Å². The average Bonchev–Trinajstić information content (AvgIpc) is 3.23. The summed E-state index contributed by atoms with van der Waals surface area (Å²) in [5.74, 6) is -1.02. The van der Waals surface area contributed by atoms with Gasteiger partial charge in [0.2, 0.25) is 0 Å². The van der Waals surface area contributed by atoms with E-state index in [1.54, 1.807) is 29.2 Å². The molecule has 3 amide bonds. The summed E-state index contributed by atoms with van der Waals surface area (Å²) in [5, 5.41) is 0. The van der Waals surface area contributed by atoms with Crippen LogP contribution >= 0.6 is 0 Å². The van der Waals surface area contributed by atoms with E-state index in [1.165, 1.54) is 4.90 Å². The Morgan fingerprint density at radius 2 is 1.09 bits per heavy atom. The maximum atomic E-state index is 13.8. The van der Waals surface area contributed by atoms with E-state index in [0.717, 1.165) is 44.6 Å². The monoisotopic (exact) mass is 799 g/mol. The summed E-state index contributed by atoms with van der Waals surface area (Å²) < 4.78 is 87.4. The molecule has 9 nitrogen and oxygen atoms in total. The van der Waals surface area contributed by atoms with Crippen LogP contribution in [0.5, 0.6) is 0 Å². The van der Waals surface area contributed by atoms with Crippen molar-refractivity contribution in [1.82, 2.24) is 24.5 Å². The zero-order valence-corrected chi connectivity index (χ0v) is 31.6. The molecule has 0 bridgehead atoms. The number of hydrogen-bond acceptors (Lipinski definition) is 6. The molecule has 4 saturated heterocycles. The second-order valence-electron chi connectivity index (χ2n) is 15.4. The van der Waals surface area contributed by atoms with Crippen LogP contribution in [0.3, 0.4) is 0 Å². The lowest BCUT2D eigenvalue weighted by molar-refractivity contribution is -0.143. The molecular weight excluding hydrogens is 752 g/mol. The molecule has 2 unspecified atom stereocenters. The first kappa shape index (κ1) is 40.7. The predicted octanol–water partition coefficient (Wildman–Crippen LogP) is 6.33. The number of piperazine rings is 1. The predicted molar refractivity (Wildman–Crippen MR) is 200 cm³/mol. The first-order valence-corrected chi connectivity index (χ1v) is 19.6.